The maximum absolute atomic E-state index is 6.11. The minimum atomic E-state index is -0.0999. The summed E-state index contributed by atoms with van der Waals surface area (Å²) in [6.07, 6.45) is 8.05. The summed E-state index contributed by atoms with van der Waals surface area (Å²) in [5.41, 5.74) is 6.52. The van der Waals surface area contributed by atoms with E-state index in [2.05, 4.69) is 37.8 Å². The minimum Gasteiger partial charge on any atom is -0.338 e. The van der Waals surface area contributed by atoms with Gasteiger partial charge in [0.25, 0.3) is 0 Å². The Morgan fingerprint density at radius 1 is 1.24 bits per heavy atom. The summed E-state index contributed by atoms with van der Waals surface area (Å²) >= 11 is 0. The van der Waals surface area contributed by atoms with Crippen molar-refractivity contribution in [3.8, 4) is 0 Å². The second kappa shape index (κ2) is 6.91. The summed E-state index contributed by atoms with van der Waals surface area (Å²) in [7, 11) is 0. The van der Waals surface area contributed by atoms with Crippen molar-refractivity contribution in [2.24, 2.45) is 17.1 Å². The number of hydrogen-bond acceptors (Lipinski definition) is 4. The summed E-state index contributed by atoms with van der Waals surface area (Å²) in [6.45, 7) is 9.20. The van der Waals surface area contributed by atoms with Gasteiger partial charge in [-0.15, -0.1) is 0 Å². The van der Waals surface area contributed by atoms with Crippen LogP contribution >= 0.6 is 0 Å². The van der Waals surface area contributed by atoms with E-state index in [0.717, 1.165) is 31.0 Å². The van der Waals surface area contributed by atoms with Crippen LogP contribution in [0.1, 0.15) is 96.3 Å². The number of hydrogen-bond donors (Lipinski definition) is 1. The zero-order valence-electron chi connectivity index (χ0n) is 14.1. The number of unbranched alkanes of at least 4 members (excludes halogenated alkanes) is 1. The molecule has 0 aromatic carbocycles. The molecule has 4 nitrogen and oxygen atoms in total. The molecule has 1 aliphatic rings. The van der Waals surface area contributed by atoms with Crippen molar-refractivity contribution in [1.82, 2.24) is 10.1 Å². The number of nitrogens with two attached hydrogens (primary N) is 1. The summed E-state index contributed by atoms with van der Waals surface area (Å²) in [6, 6.07) is -0.0999. The molecule has 1 aromatic heterocycles. The quantitative estimate of drug-likeness (QED) is 0.863. The summed E-state index contributed by atoms with van der Waals surface area (Å²) in [5.74, 6) is 2.77. The van der Waals surface area contributed by atoms with Gasteiger partial charge in [0.05, 0.1) is 6.04 Å². The van der Waals surface area contributed by atoms with Gasteiger partial charge in [-0.1, -0.05) is 45.7 Å². The first-order chi connectivity index (χ1) is 9.91. The Kier molecular flexibility index (Phi) is 5.42. The SMILES string of the molecule is CCCCC(N)c1nc(C2CCC(C(C)(C)C)CC2)no1. The Labute approximate surface area is 128 Å². The van der Waals surface area contributed by atoms with E-state index in [-0.39, 0.29) is 6.04 Å². The van der Waals surface area contributed by atoms with Crippen LogP contribution in [0.4, 0.5) is 0 Å². The second-order valence-corrected chi connectivity index (χ2v) is 7.65. The molecule has 2 rings (SSSR count). The third-order valence-corrected chi connectivity index (χ3v) is 4.96. The lowest BCUT2D eigenvalue weighted by atomic mass is 9.70. The van der Waals surface area contributed by atoms with Crippen molar-refractivity contribution in [3.63, 3.8) is 0 Å². The van der Waals surface area contributed by atoms with Crippen LogP contribution in [-0.2, 0) is 0 Å². The van der Waals surface area contributed by atoms with Gasteiger partial charge in [-0.2, -0.15) is 4.98 Å². The van der Waals surface area contributed by atoms with Crippen LogP contribution in [0.5, 0.6) is 0 Å². The summed E-state index contributed by atoms with van der Waals surface area (Å²) in [5, 5.41) is 4.19. The molecule has 1 aromatic rings. The highest BCUT2D eigenvalue weighted by Crippen LogP contribution is 2.42. The van der Waals surface area contributed by atoms with Crippen LogP contribution in [0.25, 0.3) is 0 Å². The van der Waals surface area contributed by atoms with Gasteiger partial charge in [0.2, 0.25) is 5.89 Å². The molecule has 1 atom stereocenters. The molecular formula is C17H31N3O. The Bertz CT molecular complexity index is 427. The molecule has 21 heavy (non-hydrogen) atoms. The molecule has 0 aliphatic heterocycles. The Balaban J connectivity index is 1.91. The van der Waals surface area contributed by atoms with Crippen LogP contribution in [-0.4, -0.2) is 10.1 Å². The first-order valence-corrected chi connectivity index (χ1v) is 8.51. The molecule has 0 saturated heterocycles. The summed E-state index contributed by atoms with van der Waals surface area (Å²) < 4.78 is 5.38. The van der Waals surface area contributed by atoms with Gasteiger partial charge in [0.1, 0.15) is 0 Å². The van der Waals surface area contributed by atoms with E-state index in [0.29, 0.717) is 17.2 Å². The first kappa shape index (κ1) is 16.5. The van der Waals surface area contributed by atoms with Gasteiger partial charge in [-0.25, -0.2) is 0 Å². The van der Waals surface area contributed by atoms with Crippen molar-refractivity contribution < 1.29 is 4.52 Å². The number of aromatic nitrogens is 2. The average molecular weight is 293 g/mol. The van der Waals surface area contributed by atoms with Crippen LogP contribution < -0.4 is 5.73 Å². The molecule has 0 bridgehead atoms. The van der Waals surface area contributed by atoms with Gasteiger partial charge in [-0.3, -0.25) is 0 Å². The normalized spacial score (nSPS) is 25.0. The Morgan fingerprint density at radius 3 is 2.48 bits per heavy atom. The second-order valence-electron chi connectivity index (χ2n) is 7.65. The lowest BCUT2D eigenvalue weighted by Gasteiger charge is -2.36. The minimum absolute atomic E-state index is 0.0999. The van der Waals surface area contributed by atoms with Gasteiger partial charge in [-0.05, 0) is 43.4 Å². The molecule has 0 amide bonds. The van der Waals surface area contributed by atoms with E-state index in [9.17, 15) is 0 Å². The fourth-order valence-corrected chi connectivity index (χ4v) is 3.33. The molecule has 0 spiro atoms. The number of nitrogens with zero attached hydrogens (tertiary/aromatic N) is 2. The van der Waals surface area contributed by atoms with Crippen molar-refractivity contribution >= 4 is 0 Å². The van der Waals surface area contributed by atoms with E-state index < -0.39 is 0 Å². The Hall–Kier alpha value is -0.900. The molecule has 1 saturated carbocycles. The molecule has 1 heterocycles. The van der Waals surface area contributed by atoms with Gasteiger partial charge >= 0.3 is 0 Å². The van der Waals surface area contributed by atoms with Crippen LogP contribution in [0.2, 0.25) is 0 Å². The molecule has 2 N–H and O–H groups in total. The topological polar surface area (TPSA) is 64.9 Å². The maximum atomic E-state index is 6.11. The summed E-state index contributed by atoms with van der Waals surface area (Å²) in [4.78, 5) is 4.57. The van der Waals surface area contributed by atoms with E-state index >= 15 is 0 Å². The van der Waals surface area contributed by atoms with E-state index in [4.69, 9.17) is 10.3 Å². The first-order valence-electron chi connectivity index (χ1n) is 8.51. The maximum Gasteiger partial charge on any atom is 0.243 e. The third-order valence-electron chi connectivity index (χ3n) is 4.96. The average Bonchev–Trinajstić information content (AvgIpc) is 2.94. The van der Waals surface area contributed by atoms with Crippen LogP contribution in [0, 0.1) is 11.3 Å². The van der Waals surface area contributed by atoms with Crippen molar-refractivity contribution in [2.45, 2.75) is 84.6 Å². The van der Waals surface area contributed by atoms with Crippen LogP contribution in [0.15, 0.2) is 4.52 Å². The smallest absolute Gasteiger partial charge is 0.243 e. The predicted molar refractivity (Wildman–Crippen MR) is 84.9 cm³/mol. The largest absolute Gasteiger partial charge is 0.338 e. The molecule has 1 unspecified atom stereocenters. The molecule has 0 radical (unpaired) electrons. The van der Waals surface area contributed by atoms with E-state index in [1.807, 2.05) is 0 Å². The zero-order chi connectivity index (χ0) is 15.5. The highest BCUT2D eigenvalue weighted by atomic mass is 16.5. The van der Waals surface area contributed by atoms with E-state index in [1.54, 1.807) is 0 Å². The molecule has 1 fully saturated rings. The van der Waals surface area contributed by atoms with Gasteiger partial charge in [0.15, 0.2) is 5.82 Å². The fourth-order valence-electron chi connectivity index (χ4n) is 3.33. The highest BCUT2D eigenvalue weighted by Gasteiger charge is 2.32. The van der Waals surface area contributed by atoms with Crippen molar-refractivity contribution in [3.05, 3.63) is 11.7 Å². The molecule has 1 aliphatic carbocycles. The number of rotatable bonds is 5. The Morgan fingerprint density at radius 2 is 1.90 bits per heavy atom. The molecule has 4 heteroatoms. The highest BCUT2D eigenvalue weighted by molar-refractivity contribution is 5.00. The monoisotopic (exact) mass is 293 g/mol. The standard InChI is InChI=1S/C17H31N3O/c1-5-6-7-14(18)16-19-15(20-21-16)12-8-10-13(11-9-12)17(2,3)4/h12-14H,5-11,18H2,1-4H3. The fraction of sp³-hybridized carbons (Fsp3) is 0.882. The zero-order valence-corrected chi connectivity index (χ0v) is 14.1. The lowest BCUT2D eigenvalue weighted by molar-refractivity contribution is 0.166. The molecule has 120 valence electrons. The predicted octanol–water partition coefficient (Wildman–Crippen LogP) is 4.58. The third kappa shape index (κ3) is 4.29. The molecular weight excluding hydrogens is 262 g/mol. The van der Waals surface area contributed by atoms with E-state index in [1.165, 1.54) is 25.7 Å². The van der Waals surface area contributed by atoms with Gasteiger partial charge < -0.3 is 10.3 Å². The lowest BCUT2D eigenvalue weighted by Crippen LogP contribution is -2.25. The van der Waals surface area contributed by atoms with Crippen molar-refractivity contribution in [2.75, 3.05) is 0 Å². The van der Waals surface area contributed by atoms with Crippen molar-refractivity contribution in [1.29, 1.82) is 0 Å². The van der Waals surface area contributed by atoms with Gasteiger partial charge in [0, 0.05) is 5.92 Å². The van der Waals surface area contributed by atoms with Crippen LogP contribution in [0.3, 0.4) is 0 Å².